The molecule has 0 saturated carbocycles. The first-order valence-electron chi connectivity index (χ1n) is 8.28. The van der Waals surface area contributed by atoms with Crippen LogP contribution in [-0.4, -0.2) is 41.5 Å². The van der Waals surface area contributed by atoms with E-state index < -0.39 is 5.41 Å². The number of morpholine rings is 1. The molecule has 1 aromatic rings. The average Bonchev–Trinajstić information content (AvgIpc) is 2.75. The van der Waals surface area contributed by atoms with Crippen molar-refractivity contribution in [2.75, 3.05) is 18.4 Å². The van der Waals surface area contributed by atoms with Crippen molar-refractivity contribution in [3.05, 3.63) is 16.5 Å². The molecule has 0 spiro atoms. The fraction of sp³-hybridized carbons (Fsp3) is 0.667. The van der Waals surface area contributed by atoms with Crippen LogP contribution in [0.2, 0.25) is 0 Å². The van der Waals surface area contributed by atoms with Crippen LogP contribution in [0.3, 0.4) is 0 Å². The zero-order valence-electron chi connectivity index (χ0n) is 15.6. The van der Waals surface area contributed by atoms with Crippen LogP contribution in [0, 0.1) is 12.3 Å². The second-order valence-electron chi connectivity index (χ2n) is 8.20. The second-order valence-corrected chi connectivity index (χ2v) is 9.25. The first-order chi connectivity index (χ1) is 10.9. The molecule has 1 unspecified atom stereocenters. The SMILES string of the molecule is Cc1cc(NC(=O)C(C)(C)C)sc1C(=O)N1CC(C)OC(C)(C)C1. The Morgan fingerprint density at radius 2 is 2.00 bits per heavy atom. The van der Waals surface area contributed by atoms with Crippen molar-refractivity contribution < 1.29 is 14.3 Å². The van der Waals surface area contributed by atoms with Crippen LogP contribution < -0.4 is 5.32 Å². The summed E-state index contributed by atoms with van der Waals surface area (Å²) in [5.74, 6) is -0.0409. The Hall–Kier alpha value is -1.40. The summed E-state index contributed by atoms with van der Waals surface area (Å²) >= 11 is 1.34. The minimum absolute atomic E-state index is 0.0111. The number of ether oxygens (including phenoxy) is 1. The van der Waals surface area contributed by atoms with E-state index in [2.05, 4.69) is 5.32 Å². The van der Waals surface area contributed by atoms with Gasteiger partial charge < -0.3 is 15.0 Å². The smallest absolute Gasteiger partial charge is 0.264 e. The number of thiophene rings is 1. The van der Waals surface area contributed by atoms with Gasteiger partial charge in [-0.1, -0.05) is 20.8 Å². The van der Waals surface area contributed by atoms with Crippen LogP contribution in [0.25, 0.3) is 0 Å². The third-order valence-corrected chi connectivity index (χ3v) is 5.03. The van der Waals surface area contributed by atoms with Gasteiger partial charge in [-0.2, -0.15) is 0 Å². The minimum atomic E-state index is -0.467. The molecule has 1 N–H and O–H groups in total. The Labute approximate surface area is 148 Å². The van der Waals surface area contributed by atoms with Gasteiger partial charge in [0.1, 0.15) is 0 Å². The lowest BCUT2D eigenvalue weighted by atomic mass is 9.96. The minimum Gasteiger partial charge on any atom is -0.369 e. The summed E-state index contributed by atoms with van der Waals surface area (Å²) in [6.45, 7) is 14.6. The van der Waals surface area contributed by atoms with Crippen molar-refractivity contribution in [3.63, 3.8) is 0 Å². The van der Waals surface area contributed by atoms with Crippen LogP contribution in [0.15, 0.2) is 6.07 Å². The molecule has 2 heterocycles. The van der Waals surface area contributed by atoms with Crippen molar-refractivity contribution in [2.45, 2.75) is 60.2 Å². The van der Waals surface area contributed by atoms with Gasteiger partial charge in [0, 0.05) is 18.5 Å². The van der Waals surface area contributed by atoms with E-state index in [9.17, 15) is 9.59 Å². The number of carbonyl (C=O) groups is 2. The Balaban J connectivity index is 2.17. The molecule has 24 heavy (non-hydrogen) atoms. The molecule has 1 atom stereocenters. The van der Waals surface area contributed by atoms with E-state index >= 15 is 0 Å². The molecular formula is C18H28N2O3S. The fourth-order valence-electron chi connectivity index (χ4n) is 2.81. The van der Waals surface area contributed by atoms with Gasteiger partial charge in [0.25, 0.3) is 5.91 Å². The molecule has 1 saturated heterocycles. The number of carbonyl (C=O) groups excluding carboxylic acids is 2. The summed E-state index contributed by atoms with van der Waals surface area (Å²) in [7, 11) is 0. The van der Waals surface area contributed by atoms with Crippen molar-refractivity contribution in [1.29, 1.82) is 0 Å². The van der Waals surface area contributed by atoms with Crippen molar-refractivity contribution >= 4 is 28.2 Å². The summed E-state index contributed by atoms with van der Waals surface area (Å²) < 4.78 is 5.87. The molecule has 0 aliphatic carbocycles. The quantitative estimate of drug-likeness (QED) is 0.883. The van der Waals surface area contributed by atoms with Gasteiger partial charge in [0.2, 0.25) is 5.91 Å². The zero-order valence-corrected chi connectivity index (χ0v) is 16.5. The monoisotopic (exact) mass is 352 g/mol. The van der Waals surface area contributed by atoms with Gasteiger partial charge in [0.05, 0.1) is 21.6 Å². The van der Waals surface area contributed by atoms with Gasteiger partial charge in [-0.25, -0.2) is 0 Å². The van der Waals surface area contributed by atoms with Gasteiger partial charge >= 0.3 is 0 Å². The number of anilines is 1. The third kappa shape index (κ3) is 4.36. The van der Waals surface area contributed by atoms with Crippen LogP contribution in [0.5, 0.6) is 0 Å². The number of hydrogen-bond donors (Lipinski definition) is 1. The van der Waals surface area contributed by atoms with Crippen LogP contribution in [0.4, 0.5) is 5.00 Å². The molecule has 134 valence electrons. The Morgan fingerprint density at radius 3 is 2.54 bits per heavy atom. The number of aryl methyl sites for hydroxylation is 1. The lowest BCUT2D eigenvalue weighted by molar-refractivity contribution is -0.123. The number of nitrogens with one attached hydrogen (secondary N) is 1. The van der Waals surface area contributed by atoms with E-state index in [0.29, 0.717) is 18.0 Å². The number of rotatable bonds is 2. The topological polar surface area (TPSA) is 58.6 Å². The highest BCUT2D eigenvalue weighted by Gasteiger charge is 2.35. The van der Waals surface area contributed by atoms with E-state index in [4.69, 9.17) is 4.74 Å². The number of nitrogens with zero attached hydrogens (tertiary/aromatic N) is 1. The molecule has 2 amide bonds. The summed E-state index contributed by atoms with van der Waals surface area (Å²) in [6, 6.07) is 1.87. The maximum atomic E-state index is 12.9. The van der Waals surface area contributed by atoms with E-state index in [-0.39, 0.29) is 23.5 Å². The van der Waals surface area contributed by atoms with Gasteiger partial charge in [0.15, 0.2) is 0 Å². The molecule has 0 aromatic carbocycles. The standard InChI is InChI=1S/C18H28N2O3S/c1-11-8-13(19-16(22)17(3,4)5)24-14(11)15(21)20-9-12(2)23-18(6,7)10-20/h8,12H,9-10H2,1-7H3,(H,19,22). The highest BCUT2D eigenvalue weighted by atomic mass is 32.1. The fourth-order valence-corrected chi connectivity index (χ4v) is 3.84. The third-order valence-electron chi connectivity index (χ3n) is 3.89. The van der Waals surface area contributed by atoms with Crippen molar-refractivity contribution in [3.8, 4) is 0 Å². The highest BCUT2D eigenvalue weighted by molar-refractivity contribution is 7.18. The molecule has 0 bridgehead atoms. The maximum Gasteiger partial charge on any atom is 0.264 e. The summed E-state index contributed by atoms with van der Waals surface area (Å²) in [5.41, 5.74) is 0.0826. The van der Waals surface area contributed by atoms with Crippen LogP contribution in [0.1, 0.15) is 56.8 Å². The van der Waals surface area contributed by atoms with Gasteiger partial charge in [-0.05, 0) is 39.3 Å². The van der Waals surface area contributed by atoms with E-state index in [1.54, 1.807) is 0 Å². The molecule has 5 nitrogen and oxygen atoms in total. The maximum absolute atomic E-state index is 12.9. The van der Waals surface area contributed by atoms with E-state index in [1.165, 1.54) is 11.3 Å². The van der Waals surface area contributed by atoms with E-state index in [0.717, 1.165) is 10.6 Å². The molecule has 2 rings (SSSR count). The predicted octanol–water partition coefficient (Wildman–Crippen LogP) is 3.68. The van der Waals surface area contributed by atoms with Gasteiger partial charge in [-0.3, -0.25) is 9.59 Å². The second kappa shape index (κ2) is 6.48. The molecule has 6 heteroatoms. The van der Waals surface area contributed by atoms with E-state index in [1.807, 2.05) is 59.4 Å². The highest BCUT2D eigenvalue weighted by Crippen LogP contribution is 2.31. The van der Waals surface area contributed by atoms with Crippen LogP contribution in [-0.2, 0) is 9.53 Å². The average molecular weight is 353 g/mol. The lowest BCUT2D eigenvalue weighted by Gasteiger charge is -2.41. The van der Waals surface area contributed by atoms with Gasteiger partial charge in [-0.15, -0.1) is 11.3 Å². The summed E-state index contributed by atoms with van der Waals surface area (Å²) in [6.07, 6.45) is 0.0121. The number of amides is 2. The first kappa shape index (κ1) is 18.9. The Bertz CT molecular complexity index is 643. The molecule has 1 aliphatic heterocycles. The first-order valence-corrected chi connectivity index (χ1v) is 9.10. The molecule has 1 aliphatic rings. The normalized spacial score (nSPS) is 20.8. The van der Waals surface area contributed by atoms with Crippen LogP contribution >= 0.6 is 11.3 Å². The Kier molecular flexibility index (Phi) is 5.11. The van der Waals surface area contributed by atoms with Crippen molar-refractivity contribution in [2.24, 2.45) is 5.41 Å². The number of hydrogen-bond acceptors (Lipinski definition) is 4. The zero-order chi connectivity index (χ0) is 18.3. The molecule has 1 aromatic heterocycles. The largest absolute Gasteiger partial charge is 0.369 e. The van der Waals surface area contributed by atoms with Crippen molar-refractivity contribution in [1.82, 2.24) is 4.90 Å². The summed E-state index contributed by atoms with van der Waals surface area (Å²) in [5, 5.41) is 3.63. The molecular weight excluding hydrogens is 324 g/mol. The summed E-state index contributed by atoms with van der Waals surface area (Å²) in [4.78, 5) is 27.6. The predicted molar refractivity (Wildman–Crippen MR) is 97.7 cm³/mol. The molecule has 0 radical (unpaired) electrons. The molecule has 1 fully saturated rings. The Morgan fingerprint density at radius 1 is 1.38 bits per heavy atom. The lowest BCUT2D eigenvalue weighted by Crippen LogP contribution is -2.53.